The Kier molecular flexibility index (Phi) is 4.13. The Bertz CT molecular complexity index is 299. The number of nitrogens with one attached hydrogen (secondary N) is 1. The number of nitrogens with zero attached hydrogens (tertiary/aromatic N) is 3. The molecule has 74 valence electrons. The van der Waals surface area contributed by atoms with E-state index in [0.29, 0.717) is 5.88 Å². The Morgan fingerprint density at radius 2 is 2.57 bits per heavy atom. The lowest BCUT2D eigenvalue weighted by atomic mass is 10.6. The smallest absolute Gasteiger partial charge is 0.216 e. The zero-order valence-corrected chi connectivity index (χ0v) is 7.25. The van der Waals surface area contributed by atoms with Gasteiger partial charge in [0.1, 0.15) is 12.9 Å². The van der Waals surface area contributed by atoms with Gasteiger partial charge in [0.15, 0.2) is 12.4 Å². The molecule has 0 bridgehead atoms. The van der Waals surface area contributed by atoms with E-state index >= 15 is 0 Å². The predicted molar refractivity (Wildman–Crippen MR) is 45.3 cm³/mol. The lowest BCUT2D eigenvalue weighted by molar-refractivity contribution is 0.00670. The quantitative estimate of drug-likeness (QED) is 0.272. The summed E-state index contributed by atoms with van der Waals surface area (Å²) in [6.07, 6.45) is 3.89. The summed E-state index contributed by atoms with van der Waals surface area (Å²) < 4.78 is 5.14. The van der Waals surface area contributed by atoms with Gasteiger partial charge in [-0.1, -0.05) is 0 Å². The normalized spacial score (nSPS) is 11.4. The van der Waals surface area contributed by atoms with E-state index in [1.54, 1.807) is 18.5 Å². The van der Waals surface area contributed by atoms with Crippen LogP contribution in [0.25, 0.3) is 0 Å². The number of hydrogen-bond donors (Lipinski definition) is 2. The maximum atomic E-state index is 8.29. The van der Waals surface area contributed by atoms with Crippen LogP contribution in [0.2, 0.25) is 0 Å². The highest BCUT2D eigenvalue weighted by Gasteiger charge is 2.07. The van der Waals surface area contributed by atoms with E-state index in [1.165, 1.54) is 6.33 Å². The Morgan fingerprint density at radius 3 is 3.14 bits per heavy atom. The highest BCUT2D eigenvalue weighted by Crippen LogP contribution is 2.01. The Labute approximate surface area is 80.4 Å². The van der Waals surface area contributed by atoms with Crippen LogP contribution in [0.5, 0.6) is 5.88 Å². The zero-order valence-electron chi connectivity index (χ0n) is 7.25. The highest BCUT2D eigenvalue weighted by molar-refractivity contribution is 5.04. The first-order valence-electron chi connectivity index (χ1n) is 3.75. The Balaban J connectivity index is 2.36. The second kappa shape index (κ2) is 5.69. The van der Waals surface area contributed by atoms with Gasteiger partial charge in [0, 0.05) is 12.3 Å². The van der Waals surface area contributed by atoms with Crippen molar-refractivity contribution in [3.63, 3.8) is 0 Å². The van der Waals surface area contributed by atoms with E-state index < -0.39 is 6.23 Å². The van der Waals surface area contributed by atoms with Crippen molar-refractivity contribution in [2.75, 3.05) is 6.61 Å². The molecular weight excluding hydrogens is 186 g/mol. The average molecular weight is 195 g/mol. The number of nitrogens with two attached hydrogens (primary N) is 1. The van der Waals surface area contributed by atoms with Gasteiger partial charge in [-0.3, -0.25) is 10.2 Å². The van der Waals surface area contributed by atoms with Crippen LogP contribution in [0, 0.1) is 11.5 Å². The monoisotopic (exact) mass is 195 g/mol. The molecule has 0 aliphatic carbocycles. The molecule has 0 aromatic carbocycles. The summed E-state index contributed by atoms with van der Waals surface area (Å²) in [4.78, 5) is 11.9. The van der Waals surface area contributed by atoms with Crippen molar-refractivity contribution in [3.8, 4) is 12.1 Å². The molecule has 1 aromatic heterocycles. The largest absolute Gasteiger partial charge is 0.473 e. The lowest BCUT2D eigenvalue weighted by Crippen LogP contribution is -2.36. The number of hydrogen-bond acceptors (Lipinski definition) is 7. The van der Waals surface area contributed by atoms with Gasteiger partial charge in [0.2, 0.25) is 5.88 Å². The fraction of sp³-hybridized carbons (Fsp3) is 0.286. The van der Waals surface area contributed by atoms with Gasteiger partial charge in [-0.05, 0) is 0 Å². The summed E-state index contributed by atoms with van der Waals surface area (Å²) in [6, 6.07) is 1.58. The first kappa shape index (κ1) is 10.2. The summed E-state index contributed by atoms with van der Waals surface area (Å²) >= 11 is 0. The molecule has 1 rings (SSSR count). The van der Waals surface area contributed by atoms with Crippen LogP contribution in [-0.4, -0.2) is 22.8 Å². The first-order chi connectivity index (χ1) is 6.86. The summed E-state index contributed by atoms with van der Waals surface area (Å²) in [5.74, 6) is 5.29. The van der Waals surface area contributed by atoms with Gasteiger partial charge >= 0.3 is 0 Å². The van der Waals surface area contributed by atoms with E-state index in [1.807, 2.05) is 0 Å². The van der Waals surface area contributed by atoms with Gasteiger partial charge in [-0.15, -0.1) is 0 Å². The Morgan fingerprint density at radius 1 is 1.71 bits per heavy atom. The fourth-order valence-electron chi connectivity index (χ4n) is 0.712. The zero-order chi connectivity index (χ0) is 10.2. The van der Waals surface area contributed by atoms with Crippen molar-refractivity contribution in [2.45, 2.75) is 6.23 Å². The van der Waals surface area contributed by atoms with Crippen molar-refractivity contribution in [1.29, 1.82) is 5.26 Å². The SMILES string of the molecule is N#CNC(COc1ccncn1)ON. The molecular formula is C7H9N5O2. The number of nitriles is 1. The topological polar surface area (TPSA) is 106 Å². The molecule has 3 N–H and O–H groups in total. The molecule has 0 amide bonds. The van der Waals surface area contributed by atoms with Crippen LogP contribution in [0.4, 0.5) is 0 Å². The van der Waals surface area contributed by atoms with E-state index in [2.05, 4.69) is 20.1 Å². The molecule has 14 heavy (non-hydrogen) atoms. The second-order valence-corrected chi connectivity index (χ2v) is 2.24. The van der Waals surface area contributed by atoms with E-state index in [-0.39, 0.29) is 6.61 Å². The van der Waals surface area contributed by atoms with Crippen molar-refractivity contribution in [1.82, 2.24) is 15.3 Å². The number of rotatable bonds is 5. The first-order valence-corrected chi connectivity index (χ1v) is 3.75. The van der Waals surface area contributed by atoms with Gasteiger partial charge in [-0.25, -0.2) is 15.9 Å². The molecule has 1 unspecified atom stereocenters. The second-order valence-electron chi connectivity index (χ2n) is 2.24. The van der Waals surface area contributed by atoms with E-state index in [4.69, 9.17) is 15.9 Å². The summed E-state index contributed by atoms with van der Waals surface area (Å²) in [6.45, 7) is 0.0844. The molecule has 7 nitrogen and oxygen atoms in total. The highest BCUT2D eigenvalue weighted by atomic mass is 16.6. The molecule has 1 atom stereocenters. The molecule has 0 fully saturated rings. The van der Waals surface area contributed by atoms with Crippen LogP contribution in [0.3, 0.4) is 0 Å². The van der Waals surface area contributed by atoms with Gasteiger partial charge in [-0.2, -0.15) is 5.26 Å². The summed E-state index contributed by atoms with van der Waals surface area (Å²) in [5, 5.41) is 10.6. The van der Waals surface area contributed by atoms with Crippen LogP contribution >= 0.6 is 0 Å². The lowest BCUT2D eigenvalue weighted by Gasteiger charge is -2.12. The van der Waals surface area contributed by atoms with Crippen LogP contribution in [0.1, 0.15) is 0 Å². The minimum Gasteiger partial charge on any atom is -0.473 e. The third-order valence-electron chi connectivity index (χ3n) is 1.33. The van der Waals surface area contributed by atoms with Crippen LogP contribution in [0.15, 0.2) is 18.6 Å². The number of ether oxygens (including phenoxy) is 1. The molecule has 1 heterocycles. The molecule has 0 aliphatic rings. The molecule has 1 aromatic rings. The standard InChI is InChI=1S/C7H9N5O2/c8-4-11-7(14-9)3-13-6-1-2-10-5-12-6/h1-2,5,7,11H,3,9H2. The molecule has 0 saturated heterocycles. The summed E-state index contributed by atoms with van der Waals surface area (Å²) in [5.41, 5.74) is 0. The minimum atomic E-state index is -0.685. The van der Waals surface area contributed by atoms with Crippen LogP contribution in [-0.2, 0) is 4.84 Å². The third kappa shape index (κ3) is 3.22. The molecule has 0 spiro atoms. The molecule has 0 aliphatic heterocycles. The number of aromatic nitrogens is 2. The third-order valence-corrected chi connectivity index (χ3v) is 1.33. The molecule has 0 radical (unpaired) electrons. The van der Waals surface area contributed by atoms with Gasteiger partial charge in [0.05, 0.1) is 0 Å². The molecule has 7 heteroatoms. The maximum absolute atomic E-state index is 8.29. The molecule has 0 saturated carbocycles. The minimum absolute atomic E-state index is 0.0844. The predicted octanol–water partition coefficient (Wildman–Crippen LogP) is -0.858. The van der Waals surface area contributed by atoms with E-state index in [9.17, 15) is 0 Å². The van der Waals surface area contributed by atoms with Crippen molar-refractivity contribution >= 4 is 0 Å². The maximum Gasteiger partial charge on any atom is 0.216 e. The van der Waals surface area contributed by atoms with Gasteiger partial charge in [0.25, 0.3) is 0 Å². The fourth-order valence-corrected chi connectivity index (χ4v) is 0.712. The average Bonchev–Trinajstić information content (AvgIpc) is 2.25. The van der Waals surface area contributed by atoms with Crippen molar-refractivity contribution in [2.24, 2.45) is 5.90 Å². The Hall–Kier alpha value is -1.91. The van der Waals surface area contributed by atoms with Crippen LogP contribution < -0.4 is 16.0 Å². The van der Waals surface area contributed by atoms with Crippen molar-refractivity contribution in [3.05, 3.63) is 18.6 Å². The van der Waals surface area contributed by atoms with E-state index in [0.717, 1.165) is 0 Å². The summed E-state index contributed by atoms with van der Waals surface area (Å²) in [7, 11) is 0. The van der Waals surface area contributed by atoms with Crippen molar-refractivity contribution < 1.29 is 9.57 Å². The van der Waals surface area contributed by atoms with Gasteiger partial charge < -0.3 is 4.74 Å².